The van der Waals surface area contributed by atoms with Crippen LogP contribution < -0.4 is 10.2 Å². The third-order valence-electron chi connectivity index (χ3n) is 3.89. The van der Waals surface area contributed by atoms with Gasteiger partial charge < -0.3 is 15.1 Å². The second-order valence-corrected chi connectivity index (χ2v) is 5.50. The van der Waals surface area contributed by atoms with E-state index in [4.69, 9.17) is 0 Å². The van der Waals surface area contributed by atoms with Gasteiger partial charge in [-0.3, -0.25) is 0 Å². The van der Waals surface area contributed by atoms with Crippen LogP contribution in [-0.4, -0.2) is 42.1 Å². The lowest BCUT2D eigenvalue weighted by Crippen LogP contribution is -2.51. The highest BCUT2D eigenvalue weighted by Gasteiger charge is 2.20. The number of amides is 2. The normalized spacial score (nSPS) is 14.9. The smallest absolute Gasteiger partial charge is 0.321 e. The van der Waals surface area contributed by atoms with Gasteiger partial charge in [-0.25, -0.2) is 14.2 Å². The number of rotatable bonds is 3. The Hall–Kier alpha value is -2.89. The van der Waals surface area contributed by atoms with Crippen LogP contribution in [0.15, 0.2) is 54.9 Å². The van der Waals surface area contributed by atoms with Crippen molar-refractivity contribution in [2.75, 3.05) is 31.1 Å². The summed E-state index contributed by atoms with van der Waals surface area (Å²) in [7, 11) is 0. The molecule has 3 rings (SSSR count). The van der Waals surface area contributed by atoms with E-state index in [2.05, 4.69) is 15.2 Å². The van der Waals surface area contributed by atoms with E-state index < -0.39 is 0 Å². The molecule has 2 amide bonds. The maximum Gasteiger partial charge on any atom is 0.321 e. The minimum absolute atomic E-state index is 0.131. The van der Waals surface area contributed by atoms with Gasteiger partial charge in [-0.2, -0.15) is 0 Å². The predicted octanol–water partition coefficient (Wildman–Crippen LogP) is 2.72. The molecule has 1 saturated heterocycles. The number of nitrogens with one attached hydrogen (secondary N) is 1. The molecule has 0 bridgehead atoms. The van der Waals surface area contributed by atoms with Crippen LogP contribution in [0.4, 0.5) is 15.0 Å². The number of carbonyl (C=O) groups is 1. The lowest BCUT2D eigenvalue weighted by atomic mass is 10.2. The standard InChI is InChI=1S/C18H19FN4O/c19-16-6-4-15(5-7-16)8-10-21-18(24)23-13-11-22(12-14-23)17-3-1-2-9-20-17/h1-10H,11-14H2,(H,21,24)/b10-8+. The van der Waals surface area contributed by atoms with Crippen LogP contribution in [0.1, 0.15) is 5.56 Å². The highest BCUT2D eigenvalue weighted by molar-refractivity contribution is 5.76. The Morgan fingerprint density at radius 3 is 2.50 bits per heavy atom. The largest absolute Gasteiger partial charge is 0.353 e. The number of pyridine rings is 1. The fourth-order valence-corrected chi connectivity index (χ4v) is 2.55. The van der Waals surface area contributed by atoms with Crippen molar-refractivity contribution in [2.24, 2.45) is 0 Å². The van der Waals surface area contributed by atoms with E-state index in [0.29, 0.717) is 13.1 Å². The van der Waals surface area contributed by atoms with Crippen molar-refractivity contribution in [2.45, 2.75) is 0 Å². The molecule has 1 fully saturated rings. The zero-order chi connectivity index (χ0) is 16.8. The van der Waals surface area contributed by atoms with Crippen LogP contribution in [0.25, 0.3) is 6.08 Å². The SMILES string of the molecule is O=C(N/C=C/c1ccc(F)cc1)N1CCN(c2ccccn2)CC1. The molecule has 1 aromatic carbocycles. The van der Waals surface area contributed by atoms with Gasteiger partial charge in [0.05, 0.1) is 0 Å². The number of halogens is 1. The lowest BCUT2D eigenvalue weighted by Gasteiger charge is -2.35. The van der Waals surface area contributed by atoms with Crippen molar-refractivity contribution >= 4 is 17.9 Å². The van der Waals surface area contributed by atoms with Gasteiger partial charge in [-0.15, -0.1) is 0 Å². The monoisotopic (exact) mass is 326 g/mol. The first-order valence-electron chi connectivity index (χ1n) is 7.86. The molecule has 2 heterocycles. The van der Waals surface area contributed by atoms with Crippen molar-refractivity contribution in [3.63, 3.8) is 0 Å². The molecule has 0 spiro atoms. The fraction of sp³-hybridized carbons (Fsp3) is 0.222. The molecule has 0 atom stereocenters. The zero-order valence-electron chi connectivity index (χ0n) is 13.2. The molecule has 24 heavy (non-hydrogen) atoms. The Kier molecular flexibility index (Phi) is 5.05. The molecule has 124 valence electrons. The number of urea groups is 1. The van der Waals surface area contributed by atoms with Crippen LogP contribution in [-0.2, 0) is 0 Å². The number of aromatic nitrogens is 1. The van der Waals surface area contributed by atoms with E-state index in [1.165, 1.54) is 12.1 Å². The maximum atomic E-state index is 12.8. The molecule has 0 radical (unpaired) electrons. The molecular weight excluding hydrogens is 307 g/mol. The van der Waals surface area contributed by atoms with Gasteiger partial charge in [0.2, 0.25) is 0 Å². The van der Waals surface area contributed by atoms with Crippen LogP contribution in [0.2, 0.25) is 0 Å². The number of anilines is 1. The lowest BCUT2D eigenvalue weighted by molar-refractivity contribution is 0.198. The molecular formula is C18H19FN4O. The Morgan fingerprint density at radius 1 is 1.08 bits per heavy atom. The Balaban J connectivity index is 1.47. The first-order valence-corrected chi connectivity index (χ1v) is 7.86. The number of carbonyl (C=O) groups excluding carboxylic acids is 1. The zero-order valence-corrected chi connectivity index (χ0v) is 13.2. The molecule has 0 saturated carbocycles. The molecule has 2 aromatic rings. The fourth-order valence-electron chi connectivity index (χ4n) is 2.55. The third kappa shape index (κ3) is 4.10. The second kappa shape index (κ2) is 7.59. The summed E-state index contributed by atoms with van der Waals surface area (Å²) in [6.07, 6.45) is 5.09. The highest BCUT2D eigenvalue weighted by atomic mass is 19.1. The van der Waals surface area contributed by atoms with Crippen molar-refractivity contribution in [1.82, 2.24) is 15.2 Å². The summed E-state index contributed by atoms with van der Waals surface area (Å²) in [5, 5.41) is 2.75. The molecule has 1 aromatic heterocycles. The number of piperazine rings is 1. The van der Waals surface area contributed by atoms with Crippen LogP contribution in [0, 0.1) is 5.82 Å². The van der Waals surface area contributed by atoms with Crippen molar-refractivity contribution in [3.05, 3.63) is 66.2 Å². The maximum absolute atomic E-state index is 12.8. The van der Waals surface area contributed by atoms with Gasteiger partial charge in [-0.1, -0.05) is 18.2 Å². The third-order valence-corrected chi connectivity index (χ3v) is 3.89. The second-order valence-electron chi connectivity index (χ2n) is 5.50. The van der Waals surface area contributed by atoms with Gasteiger partial charge in [0, 0.05) is 38.6 Å². The summed E-state index contributed by atoms with van der Waals surface area (Å²) in [5.41, 5.74) is 0.830. The van der Waals surface area contributed by atoms with Gasteiger partial charge in [0.25, 0.3) is 0 Å². The van der Waals surface area contributed by atoms with Gasteiger partial charge in [-0.05, 0) is 35.9 Å². The van der Waals surface area contributed by atoms with Crippen LogP contribution in [0.5, 0.6) is 0 Å². The van der Waals surface area contributed by atoms with Gasteiger partial charge in [0.15, 0.2) is 0 Å². The molecule has 1 N–H and O–H groups in total. The molecule has 5 nitrogen and oxygen atoms in total. The molecule has 1 aliphatic rings. The Bertz CT molecular complexity index is 695. The number of benzene rings is 1. The van der Waals surface area contributed by atoms with E-state index >= 15 is 0 Å². The first-order chi connectivity index (χ1) is 11.7. The van der Waals surface area contributed by atoms with E-state index in [9.17, 15) is 9.18 Å². The highest BCUT2D eigenvalue weighted by Crippen LogP contribution is 2.12. The van der Waals surface area contributed by atoms with E-state index in [1.54, 1.807) is 35.5 Å². The first kappa shape index (κ1) is 16.0. The van der Waals surface area contributed by atoms with Gasteiger partial charge in [0.1, 0.15) is 11.6 Å². The Morgan fingerprint density at radius 2 is 1.83 bits per heavy atom. The van der Waals surface area contributed by atoms with Crippen molar-refractivity contribution < 1.29 is 9.18 Å². The van der Waals surface area contributed by atoms with Crippen LogP contribution in [0.3, 0.4) is 0 Å². The van der Waals surface area contributed by atoms with E-state index in [-0.39, 0.29) is 11.8 Å². The quantitative estimate of drug-likeness (QED) is 0.943. The summed E-state index contributed by atoms with van der Waals surface area (Å²) in [6, 6.07) is 11.8. The van der Waals surface area contributed by atoms with E-state index in [0.717, 1.165) is 24.5 Å². The van der Waals surface area contributed by atoms with Crippen molar-refractivity contribution in [3.8, 4) is 0 Å². The molecule has 0 unspecified atom stereocenters. The predicted molar refractivity (Wildman–Crippen MR) is 92.0 cm³/mol. The summed E-state index contributed by atoms with van der Waals surface area (Å²) >= 11 is 0. The summed E-state index contributed by atoms with van der Waals surface area (Å²) in [4.78, 5) is 20.4. The van der Waals surface area contributed by atoms with Crippen LogP contribution >= 0.6 is 0 Å². The Labute approximate surface area is 140 Å². The minimum Gasteiger partial charge on any atom is -0.353 e. The summed E-state index contributed by atoms with van der Waals surface area (Å²) < 4.78 is 12.8. The summed E-state index contributed by atoms with van der Waals surface area (Å²) in [6.45, 7) is 2.80. The average Bonchev–Trinajstić information content (AvgIpc) is 2.64. The average molecular weight is 326 g/mol. The molecule has 1 aliphatic heterocycles. The number of nitrogens with zero attached hydrogens (tertiary/aromatic N) is 3. The van der Waals surface area contributed by atoms with Gasteiger partial charge >= 0.3 is 6.03 Å². The topological polar surface area (TPSA) is 48.5 Å². The molecule has 6 heteroatoms. The molecule has 0 aliphatic carbocycles. The number of hydrogen-bond acceptors (Lipinski definition) is 3. The van der Waals surface area contributed by atoms with E-state index in [1.807, 2.05) is 18.2 Å². The number of hydrogen-bond donors (Lipinski definition) is 1. The van der Waals surface area contributed by atoms with Crippen molar-refractivity contribution in [1.29, 1.82) is 0 Å². The minimum atomic E-state index is -0.276. The summed E-state index contributed by atoms with van der Waals surface area (Å²) in [5.74, 6) is 0.663.